The topological polar surface area (TPSA) is 63.3 Å². The minimum atomic E-state index is -0.984. The minimum absolute atomic E-state index is 0.610. The summed E-state index contributed by atoms with van der Waals surface area (Å²) in [6, 6.07) is 17.0. The number of carbonyl (C=O) groups is 1. The van der Waals surface area contributed by atoms with E-state index in [2.05, 4.69) is 0 Å². The van der Waals surface area contributed by atoms with E-state index in [1.165, 1.54) is 0 Å². The Labute approximate surface area is 119 Å². The lowest BCUT2D eigenvalue weighted by Crippen LogP contribution is -2.46. The molecule has 1 unspecified atom stereocenters. The number of hydrogen-bond donors (Lipinski definition) is 2. The molecular weight excluding hydrogens is 250 g/mol. The second-order valence-corrected chi connectivity index (χ2v) is 5.48. The smallest absolute Gasteiger partial charge is 0.321 e. The third kappa shape index (κ3) is 2.73. The van der Waals surface area contributed by atoms with Crippen molar-refractivity contribution in [1.82, 2.24) is 0 Å². The van der Waals surface area contributed by atoms with E-state index in [1.54, 1.807) is 0 Å². The fourth-order valence-electron chi connectivity index (χ4n) is 2.21. The highest BCUT2D eigenvalue weighted by Gasteiger charge is 2.33. The SMILES string of the molecule is CC(C)(c1ccc(-c2ccccc2)cc1)C(N)C(=O)O. The first-order chi connectivity index (χ1) is 9.43. The van der Waals surface area contributed by atoms with E-state index in [0.717, 1.165) is 16.7 Å². The fourth-order valence-corrected chi connectivity index (χ4v) is 2.21. The molecule has 0 aliphatic carbocycles. The molecule has 0 aliphatic rings. The lowest BCUT2D eigenvalue weighted by Gasteiger charge is -2.29. The highest BCUT2D eigenvalue weighted by Crippen LogP contribution is 2.28. The summed E-state index contributed by atoms with van der Waals surface area (Å²) < 4.78 is 0. The van der Waals surface area contributed by atoms with Gasteiger partial charge in [-0.1, -0.05) is 68.4 Å². The van der Waals surface area contributed by atoms with Crippen molar-refractivity contribution in [3.05, 3.63) is 60.2 Å². The van der Waals surface area contributed by atoms with Gasteiger partial charge in [-0.05, 0) is 16.7 Å². The van der Waals surface area contributed by atoms with Crippen LogP contribution in [0.1, 0.15) is 19.4 Å². The quantitative estimate of drug-likeness (QED) is 0.896. The molecule has 104 valence electrons. The first-order valence-electron chi connectivity index (χ1n) is 6.57. The molecule has 0 aromatic heterocycles. The number of carboxylic acid groups (broad SMARTS) is 1. The van der Waals surface area contributed by atoms with Gasteiger partial charge in [-0.15, -0.1) is 0 Å². The van der Waals surface area contributed by atoms with Gasteiger partial charge in [0.2, 0.25) is 0 Å². The zero-order chi connectivity index (χ0) is 14.8. The van der Waals surface area contributed by atoms with Crippen LogP contribution in [-0.4, -0.2) is 17.1 Å². The van der Waals surface area contributed by atoms with Gasteiger partial charge >= 0.3 is 5.97 Å². The molecule has 0 bridgehead atoms. The summed E-state index contributed by atoms with van der Waals surface area (Å²) in [5.41, 5.74) is 8.33. The van der Waals surface area contributed by atoms with Crippen molar-refractivity contribution in [1.29, 1.82) is 0 Å². The van der Waals surface area contributed by atoms with E-state index >= 15 is 0 Å². The van der Waals surface area contributed by atoms with Crippen LogP contribution >= 0.6 is 0 Å². The predicted octanol–water partition coefficient (Wildman–Crippen LogP) is 3.04. The second-order valence-electron chi connectivity index (χ2n) is 5.48. The van der Waals surface area contributed by atoms with Gasteiger partial charge in [-0.3, -0.25) is 4.79 Å². The third-order valence-electron chi connectivity index (χ3n) is 3.78. The van der Waals surface area contributed by atoms with Crippen LogP contribution in [0.5, 0.6) is 0 Å². The maximum absolute atomic E-state index is 11.1. The summed E-state index contributed by atoms with van der Waals surface area (Å²) in [5, 5.41) is 9.09. The maximum atomic E-state index is 11.1. The molecule has 0 spiro atoms. The molecule has 3 N–H and O–H groups in total. The molecule has 3 heteroatoms. The molecule has 0 saturated carbocycles. The second kappa shape index (κ2) is 5.47. The highest BCUT2D eigenvalue weighted by molar-refractivity contribution is 5.75. The van der Waals surface area contributed by atoms with Crippen LogP contribution in [0.3, 0.4) is 0 Å². The molecule has 0 saturated heterocycles. The first kappa shape index (κ1) is 14.3. The van der Waals surface area contributed by atoms with Gasteiger partial charge in [-0.2, -0.15) is 0 Å². The number of aliphatic carboxylic acids is 1. The Bertz CT molecular complexity index is 588. The van der Waals surface area contributed by atoms with E-state index < -0.39 is 17.4 Å². The number of nitrogens with two attached hydrogens (primary N) is 1. The van der Waals surface area contributed by atoms with Crippen LogP contribution in [0, 0.1) is 0 Å². The van der Waals surface area contributed by atoms with Crippen molar-refractivity contribution in [3.8, 4) is 11.1 Å². The standard InChI is InChI=1S/C17H19NO2/c1-17(2,15(18)16(19)20)14-10-8-13(9-11-14)12-6-4-3-5-7-12/h3-11,15H,18H2,1-2H3,(H,19,20). The van der Waals surface area contributed by atoms with Gasteiger partial charge in [0.05, 0.1) is 0 Å². The molecule has 2 aromatic rings. The molecule has 0 amide bonds. The fraction of sp³-hybridized carbons (Fsp3) is 0.235. The number of hydrogen-bond acceptors (Lipinski definition) is 2. The van der Waals surface area contributed by atoms with Gasteiger partial charge in [-0.25, -0.2) is 0 Å². The lowest BCUT2D eigenvalue weighted by molar-refractivity contribution is -0.140. The number of rotatable bonds is 4. The zero-order valence-electron chi connectivity index (χ0n) is 11.7. The molecule has 3 nitrogen and oxygen atoms in total. The van der Waals surface area contributed by atoms with Crippen LogP contribution in [0.2, 0.25) is 0 Å². The van der Waals surface area contributed by atoms with Crippen molar-refractivity contribution in [2.75, 3.05) is 0 Å². The normalized spacial score (nSPS) is 12.9. The van der Waals surface area contributed by atoms with Gasteiger partial charge in [0, 0.05) is 5.41 Å². The minimum Gasteiger partial charge on any atom is -0.480 e. The first-order valence-corrected chi connectivity index (χ1v) is 6.57. The van der Waals surface area contributed by atoms with Gasteiger partial charge in [0.1, 0.15) is 6.04 Å². The molecule has 20 heavy (non-hydrogen) atoms. The average Bonchev–Trinajstić information content (AvgIpc) is 2.47. The Kier molecular flexibility index (Phi) is 3.91. The molecule has 0 heterocycles. The van der Waals surface area contributed by atoms with Crippen LogP contribution in [0.25, 0.3) is 11.1 Å². The molecule has 0 radical (unpaired) electrons. The number of carboxylic acids is 1. The summed E-state index contributed by atoms with van der Waals surface area (Å²) in [6.45, 7) is 3.70. The van der Waals surface area contributed by atoms with E-state index in [9.17, 15) is 4.79 Å². The van der Waals surface area contributed by atoms with Crippen molar-refractivity contribution in [2.45, 2.75) is 25.3 Å². The maximum Gasteiger partial charge on any atom is 0.321 e. The van der Waals surface area contributed by atoms with E-state index in [-0.39, 0.29) is 0 Å². The Hall–Kier alpha value is -2.13. The van der Waals surface area contributed by atoms with E-state index in [0.29, 0.717) is 0 Å². The zero-order valence-corrected chi connectivity index (χ0v) is 11.7. The molecule has 1 atom stereocenters. The highest BCUT2D eigenvalue weighted by atomic mass is 16.4. The van der Waals surface area contributed by atoms with Gasteiger partial charge in [0.15, 0.2) is 0 Å². The molecule has 0 aliphatic heterocycles. The third-order valence-corrected chi connectivity index (χ3v) is 3.78. The van der Waals surface area contributed by atoms with Crippen LogP contribution in [0.4, 0.5) is 0 Å². The predicted molar refractivity (Wildman–Crippen MR) is 80.5 cm³/mol. The van der Waals surface area contributed by atoms with Crippen molar-refractivity contribution in [2.24, 2.45) is 5.73 Å². The Morgan fingerprint density at radius 1 is 1.00 bits per heavy atom. The van der Waals surface area contributed by atoms with Crippen molar-refractivity contribution >= 4 is 5.97 Å². The van der Waals surface area contributed by atoms with Crippen LogP contribution < -0.4 is 5.73 Å². The Morgan fingerprint density at radius 3 is 2.00 bits per heavy atom. The summed E-state index contributed by atoms with van der Waals surface area (Å²) in [7, 11) is 0. The molecular formula is C17H19NO2. The largest absolute Gasteiger partial charge is 0.480 e. The Morgan fingerprint density at radius 2 is 1.50 bits per heavy atom. The van der Waals surface area contributed by atoms with Crippen LogP contribution in [-0.2, 0) is 10.2 Å². The van der Waals surface area contributed by atoms with Crippen molar-refractivity contribution in [3.63, 3.8) is 0 Å². The van der Waals surface area contributed by atoms with Crippen molar-refractivity contribution < 1.29 is 9.90 Å². The average molecular weight is 269 g/mol. The van der Waals surface area contributed by atoms with E-state index in [1.807, 2.05) is 68.4 Å². The lowest BCUT2D eigenvalue weighted by atomic mass is 9.78. The summed E-state index contributed by atoms with van der Waals surface area (Å²) >= 11 is 0. The molecule has 2 rings (SSSR count). The monoisotopic (exact) mass is 269 g/mol. The van der Waals surface area contributed by atoms with E-state index in [4.69, 9.17) is 10.8 Å². The van der Waals surface area contributed by atoms with Gasteiger partial charge < -0.3 is 10.8 Å². The summed E-state index contributed by atoms with van der Waals surface area (Å²) in [5.74, 6) is -0.984. The summed E-state index contributed by atoms with van der Waals surface area (Å²) in [4.78, 5) is 11.1. The molecule has 0 fully saturated rings. The molecule has 2 aromatic carbocycles. The van der Waals surface area contributed by atoms with Gasteiger partial charge in [0.25, 0.3) is 0 Å². The Balaban J connectivity index is 2.31. The van der Waals surface area contributed by atoms with Crippen LogP contribution in [0.15, 0.2) is 54.6 Å². The number of benzene rings is 2. The summed E-state index contributed by atoms with van der Waals surface area (Å²) in [6.07, 6.45) is 0.